The number of hydrogen-bond acceptors (Lipinski definition) is 5. The first kappa shape index (κ1) is 31.1. The van der Waals surface area contributed by atoms with Gasteiger partial charge in [-0.25, -0.2) is 0 Å². The zero-order valence-electron chi connectivity index (χ0n) is 23.2. The highest BCUT2D eigenvalue weighted by molar-refractivity contribution is 5.73. The summed E-state index contributed by atoms with van der Waals surface area (Å²) < 4.78 is 11.3. The van der Waals surface area contributed by atoms with E-state index in [2.05, 4.69) is 0 Å². The average Bonchev–Trinajstić information content (AvgIpc) is 2.93. The number of aliphatic hydroxyl groups is 1. The number of hydrogen-bond donors (Lipinski definition) is 1. The molecule has 0 aromatic rings. The highest BCUT2D eigenvalue weighted by Crippen LogP contribution is 2.24. The number of esters is 2. The quantitative estimate of drug-likeness (QED) is 0.367. The second kappa shape index (κ2) is 20.9. The molecule has 1 unspecified atom stereocenters. The molecule has 1 N–H and O–H groups in total. The van der Waals surface area contributed by atoms with Crippen molar-refractivity contribution in [3.05, 3.63) is 0 Å². The molecule has 0 aromatic heterocycles. The fraction of sp³-hybridized carbons (Fsp3) is 0.935. The van der Waals surface area contributed by atoms with Crippen molar-refractivity contribution >= 4 is 11.9 Å². The molecule has 0 heterocycles. The van der Waals surface area contributed by atoms with Gasteiger partial charge < -0.3 is 14.6 Å². The lowest BCUT2D eigenvalue weighted by Gasteiger charge is -2.22. The average molecular weight is 509 g/mol. The third-order valence-corrected chi connectivity index (χ3v) is 8.27. The van der Waals surface area contributed by atoms with Crippen molar-refractivity contribution in [3.8, 4) is 0 Å². The van der Waals surface area contributed by atoms with Crippen LogP contribution in [-0.4, -0.2) is 36.4 Å². The minimum Gasteiger partial charge on any atom is -0.461 e. The molecule has 2 rings (SSSR count). The van der Waals surface area contributed by atoms with Crippen LogP contribution in [0.4, 0.5) is 0 Å². The summed E-state index contributed by atoms with van der Waals surface area (Å²) in [5, 5.41) is 9.85. The largest absolute Gasteiger partial charge is 0.461 e. The van der Waals surface area contributed by atoms with Gasteiger partial charge in [0, 0.05) is 0 Å². The summed E-state index contributed by atoms with van der Waals surface area (Å²) >= 11 is 0. The molecular weight excluding hydrogens is 452 g/mol. The first-order chi connectivity index (χ1) is 17.7. The fourth-order valence-corrected chi connectivity index (χ4v) is 5.83. The summed E-state index contributed by atoms with van der Waals surface area (Å²) in [6.07, 6.45) is 27.2. The molecule has 0 saturated heterocycles. The van der Waals surface area contributed by atoms with E-state index >= 15 is 0 Å². The van der Waals surface area contributed by atoms with Crippen LogP contribution in [0.15, 0.2) is 0 Å². The second-order valence-corrected chi connectivity index (χ2v) is 11.5. The van der Waals surface area contributed by atoms with E-state index in [0.717, 1.165) is 51.4 Å². The maximum atomic E-state index is 13.0. The Labute approximate surface area is 221 Å². The standard InChI is InChI=1S/C31H56O5/c32-25-29(36-31(34)28-23-19-15-11-7-3-4-8-12-16-20-24-28)26-35-30(33)27-21-17-13-9-5-1-2-6-10-14-18-22-27/h27-29,32H,1-26H2. The maximum absolute atomic E-state index is 13.0. The van der Waals surface area contributed by atoms with Crippen LogP contribution in [0.3, 0.4) is 0 Å². The summed E-state index contributed by atoms with van der Waals surface area (Å²) in [5.41, 5.74) is 0. The third-order valence-electron chi connectivity index (χ3n) is 8.27. The minimum atomic E-state index is -0.763. The Morgan fingerprint density at radius 3 is 1.17 bits per heavy atom. The number of carbonyl (C=O) groups excluding carboxylic acids is 2. The zero-order chi connectivity index (χ0) is 25.7. The van der Waals surface area contributed by atoms with Crippen molar-refractivity contribution in [2.75, 3.05) is 13.2 Å². The predicted octanol–water partition coefficient (Wildman–Crippen LogP) is 8.06. The Morgan fingerprint density at radius 2 is 0.833 bits per heavy atom. The SMILES string of the molecule is O=C(OCC(CO)OC(=O)C1CCCCCCCCCCCC1)C1CCCCCCCCCCCC1. The normalized spacial score (nSPS) is 22.8. The van der Waals surface area contributed by atoms with Gasteiger partial charge in [0.15, 0.2) is 6.10 Å². The number of carbonyl (C=O) groups is 2. The number of ether oxygens (including phenoxy) is 2. The fourth-order valence-electron chi connectivity index (χ4n) is 5.83. The number of rotatable bonds is 6. The number of aliphatic hydroxyl groups excluding tert-OH is 1. The van der Waals surface area contributed by atoms with Gasteiger partial charge in [-0.05, 0) is 25.7 Å². The molecule has 5 nitrogen and oxygen atoms in total. The van der Waals surface area contributed by atoms with Crippen LogP contribution in [0.2, 0.25) is 0 Å². The lowest BCUT2D eigenvalue weighted by Crippen LogP contribution is -2.32. The lowest BCUT2D eigenvalue weighted by atomic mass is 9.94. The first-order valence-electron chi connectivity index (χ1n) is 15.7. The van der Waals surface area contributed by atoms with E-state index in [1.165, 1.54) is 103 Å². The van der Waals surface area contributed by atoms with Crippen LogP contribution >= 0.6 is 0 Å². The van der Waals surface area contributed by atoms with Crippen molar-refractivity contribution < 1.29 is 24.2 Å². The van der Waals surface area contributed by atoms with Crippen molar-refractivity contribution in [2.24, 2.45) is 11.8 Å². The van der Waals surface area contributed by atoms with E-state index in [0.29, 0.717) is 0 Å². The van der Waals surface area contributed by atoms with E-state index in [-0.39, 0.29) is 37.0 Å². The van der Waals surface area contributed by atoms with Crippen molar-refractivity contribution in [1.29, 1.82) is 0 Å². The van der Waals surface area contributed by atoms with Gasteiger partial charge in [0.2, 0.25) is 0 Å². The van der Waals surface area contributed by atoms with Gasteiger partial charge in [0.05, 0.1) is 18.4 Å². The minimum absolute atomic E-state index is 0.0374. The molecule has 210 valence electrons. The smallest absolute Gasteiger partial charge is 0.309 e. The Bertz CT molecular complexity index is 535. The Kier molecular flexibility index (Phi) is 18.1. The van der Waals surface area contributed by atoms with E-state index < -0.39 is 6.10 Å². The summed E-state index contributed by atoms with van der Waals surface area (Å²) in [4.78, 5) is 25.9. The molecule has 36 heavy (non-hydrogen) atoms. The van der Waals surface area contributed by atoms with Crippen molar-refractivity contribution in [1.82, 2.24) is 0 Å². The van der Waals surface area contributed by atoms with E-state index in [4.69, 9.17) is 9.47 Å². The Balaban J connectivity index is 1.79. The van der Waals surface area contributed by atoms with Crippen LogP contribution in [0.1, 0.15) is 154 Å². The molecule has 0 radical (unpaired) electrons. The second-order valence-electron chi connectivity index (χ2n) is 11.5. The van der Waals surface area contributed by atoms with Crippen LogP contribution in [-0.2, 0) is 19.1 Å². The summed E-state index contributed by atoms with van der Waals surface area (Å²) in [6.45, 7) is -0.347. The van der Waals surface area contributed by atoms with Crippen molar-refractivity contribution in [3.63, 3.8) is 0 Å². The predicted molar refractivity (Wildman–Crippen MR) is 146 cm³/mol. The monoisotopic (exact) mass is 508 g/mol. The molecule has 2 aliphatic carbocycles. The van der Waals surface area contributed by atoms with E-state index in [1.54, 1.807) is 0 Å². The van der Waals surface area contributed by atoms with Gasteiger partial charge >= 0.3 is 11.9 Å². The van der Waals surface area contributed by atoms with Gasteiger partial charge in [-0.3, -0.25) is 9.59 Å². The van der Waals surface area contributed by atoms with Gasteiger partial charge in [-0.2, -0.15) is 0 Å². The molecule has 0 bridgehead atoms. The topological polar surface area (TPSA) is 72.8 Å². The maximum Gasteiger partial charge on any atom is 0.309 e. The highest BCUT2D eigenvalue weighted by atomic mass is 16.6. The van der Waals surface area contributed by atoms with Crippen LogP contribution < -0.4 is 0 Å². The van der Waals surface area contributed by atoms with Gasteiger partial charge in [-0.15, -0.1) is 0 Å². The Hall–Kier alpha value is -1.10. The van der Waals surface area contributed by atoms with Gasteiger partial charge in [0.1, 0.15) is 6.61 Å². The third kappa shape index (κ3) is 14.6. The summed E-state index contributed by atoms with van der Waals surface area (Å²) in [6, 6.07) is 0. The molecule has 0 aliphatic heterocycles. The molecule has 0 spiro atoms. The van der Waals surface area contributed by atoms with Crippen LogP contribution in [0.25, 0.3) is 0 Å². The molecule has 0 amide bonds. The lowest BCUT2D eigenvalue weighted by molar-refractivity contribution is -0.167. The van der Waals surface area contributed by atoms with Crippen molar-refractivity contribution in [2.45, 2.75) is 160 Å². The van der Waals surface area contributed by atoms with Crippen LogP contribution in [0, 0.1) is 11.8 Å². The summed E-state index contributed by atoms with van der Waals surface area (Å²) in [5.74, 6) is -0.578. The van der Waals surface area contributed by atoms with Gasteiger partial charge in [-0.1, -0.05) is 128 Å². The molecule has 0 aromatic carbocycles. The highest BCUT2D eigenvalue weighted by Gasteiger charge is 2.26. The van der Waals surface area contributed by atoms with E-state index in [1.807, 2.05) is 0 Å². The van der Waals surface area contributed by atoms with E-state index in [9.17, 15) is 14.7 Å². The zero-order valence-corrected chi connectivity index (χ0v) is 23.2. The molecule has 5 heteroatoms. The molecule has 1 atom stereocenters. The Morgan fingerprint density at radius 1 is 0.528 bits per heavy atom. The first-order valence-corrected chi connectivity index (χ1v) is 15.7. The summed E-state index contributed by atoms with van der Waals surface area (Å²) in [7, 11) is 0. The molecular formula is C31H56O5. The molecule has 2 saturated carbocycles. The molecule has 2 fully saturated rings. The molecule has 2 aliphatic rings. The van der Waals surface area contributed by atoms with Gasteiger partial charge in [0.25, 0.3) is 0 Å². The van der Waals surface area contributed by atoms with Crippen LogP contribution in [0.5, 0.6) is 0 Å².